The van der Waals surface area contributed by atoms with Crippen molar-refractivity contribution in [2.24, 2.45) is 0 Å². The quantitative estimate of drug-likeness (QED) is 0.897. The Labute approximate surface area is 115 Å². The second-order valence-electron chi connectivity index (χ2n) is 4.46. The molecule has 1 aliphatic rings. The van der Waals surface area contributed by atoms with Gasteiger partial charge in [-0.15, -0.1) is 0 Å². The highest BCUT2D eigenvalue weighted by Crippen LogP contribution is 2.17. The van der Waals surface area contributed by atoms with Crippen LogP contribution in [0.15, 0.2) is 23.1 Å². The summed E-state index contributed by atoms with van der Waals surface area (Å²) in [6.07, 6.45) is 1.75. The Bertz CT molecular complexity index is 593. The number of hydrogen-bond acceptors (Lipinski definition) is 3. The molecule has 0 aromatic heterocycles. The summed E-state index contributed by atoms with van der Waals surface area (Å²) in [6.45, 7) is 0.652. The number of carbonyl (C=O) groups is 1. The van der Waals surface area contributed by atoms with Crippen LogP contribution in [-0.4, -0.2) is 38.9 Å². The van der Waals surface area contributed by atoms with Crippen LogP contribution in [0.25, 0.3) is 0 Å². The van der Waals surface area contributed by atoms with Gasteiger partial charge in [0.25, 0.3) is 0 Å². The van der Waals surface area contributed by atoms with E-state index in [1.807, 2.05) is 4.72 Å². The lowest BCUT2D eigenvalue weighted by Crippen LogP contribution is -2.39. The highest BCUT2D eigenvalue weighted by atomic mass is 32.2. The second-order valence-corrected chi connectivity index (χ2v) is 6.17. The minimum absolute atomic E-state index is 0.400. The molecule has 0 unspecified atom stereocenters. The van der Waals surface area contributed by atoms with Crippen LogP contribution in [0.4, 0.5) is 8.78 Å². The van der Waals surface area contributed by atoms with Crippen LogP contribution in [0.1, 0.15) is 12.8 Å². The molecule has 5 nitrogen and oxygen atoms in total. The molecule has 1 saturated heterocycles. The zero-order chi connectivity index (χ0) is 14.8. The van der Waals surface area contributed by atoms with E-state index in [1.165, 1.54) is 4.90 Å². The Hall–Kier alpha value is -1.54. The van der Waals surface area contributed by atoms with Crippen molar-refractivity contribution in [1.82, 2.24) is 9.62 Å². The molecule has 0 radical (unpaired) electrons. The number of hydrogen-bond donors (Lipinski definition) is 1. The SMILES string of the molecule is O=C(CNS(=O)(=O)c1c(F)cccc1F)N1CCCC1. The molecule has 1 aromatic carbocycles. The third kappa shape index (κ3) is 3.13. The van der Waals surface area contributed by atoms with Gasteiger partial charge in [0.15, 0.2) is 4.90 Å². The maximum absolute atomic E-state index is 13.4. The van der Waals surface area contributed by atoms with Crippen molar-refractivity contribution in [3.63, 3.8) is 0 Å². The van der Waals surface area contributed by atoms with Crippen LogP contribution < -0.4 is 4.72 Å². The molecule has 8 heteroatoms. The fraction of sp³-hybridized carbons (Fsp3) is 0.417. The Morgan fingerprint density at radius 2 is 1.75 bits per heavy atom. The Morgan fingerprint density at radius 3 is 2.30 bits per heavy atom. The smallest absolute Gasteiger partial charge is 0.246 e. The minimum Gasteiger partial charge on any atom is -0.342 e. The number of rotatable bonds is 4. The van der Waals surface area contributed by atoms with Crippen molar-refractivity contribution >= 4 is 15.9 Å². The first-order valence-corrected chi connectivity index (χ1v) is 7.61. The summed E-state index contributed by atoms with van der Waals surface area (Å²) in [7, 11) is -4.39. The van der Waals surface area contributed by atoms with Crippen molar-refractivity contribution in [2.75, 3.05) is 19.6 Å². The summed E-state index contributed by atoms with van der Waals surface area (Å²) >= 11 is 0. The number of benzene rings is 1. The number of nitrogens with zero attached hydrogens (tertiary/aromatic N) is 1. The molecule has 1 aliphatic heterocycles. The van der Waals surface area contributed by atoms with Gasteiger partial charge in [-0.05, 0) is 25.0 Å². The fourth-order valence-electron chi connectivity index (χ4n) is 2.05. The van der Waals surface area contributed by atoms with Crippen LogP contribution in [0, 0.1) is 11.6 Å². The van der Waals surface area contributed by atoms with E-state index in [2.05, 4.69) is 0 Å². The van der Waals surface area contributed by atoms with Crippen molar-refractivity contribution in [1.29, 1.82) is 0 Å². The van der Waals surface area contributed by atoms with E-state index in [4.69, 9.17) is 0 Å². The van der Waals surface area contributed by atoms with Crippen LogP contribution in [0.5, 0.6) is 0 Å². The lowest BCUT2D eigenvalue weighted by atomic mass is 10.3. The summed E-state index contributed by atoms with van der Waals surface area (Å²) in [6, 6.07) is 2.76. The van der Waals surface area contributed by atoms with Gasteiger partial charge in [0, 0.05) is 13.1 Å². The zero-order valence-electron chi connectivity index (χ0n) is 10.6. The molecule has 0 aliphatic carbocycles. The average molecular weight is 304 g/mol. The molecule has 110 valence electrons. The Balaban J connectivity index is 2.09. The van der Waals surface area contributed by atoms with Gasteiger partial charge >= 0.3 is 0 Å². The lowest BCUT2D eigenvalue weighted by Gasteiger charge is -2.15. The molecule has 1 amide bonds. The van der Waals surface area contributed by atoms with E-state index < -0.39 is 39.0 Å². The minimum atomic E-state index is -4.39. The molecular formula is C12H14F2N2O3S. The van der Waals surface area contributed by atoms with Crippen molar-refractivity contribution in [3.05, 3.63) is 29.8 Å². The molecule has 1 N–H and O–H groups in total. The van der Waals surface area contributed by atoms with Crippen LogP contribution >= 0.6 is 0 Å². The van der Waals surface area contributed by atoms with Gasteiger partial charge in [-0.3, -0.25) is 4.79 Å². The largest absolute Gasteiger partial charge is 0.342 e. The zero-order valence-corrected chi connectivity index (χ0v) is 11.4. The van der Waals surface area contributed by atoms with Gasteiger partial charge in [-0.2, -0.15) is 0 Å². The van der Waals surface area contributed by atoms with E-state index >= 15 is 0 Å². The molecule has 1 heterocycles. The second kappa shape index (κ2) is 5.84. The normalized spacial score (nSPS) is 15.6. The van der Waals surface area contributed by atoms with Gasteiger partial charge in [0.1, 0.15) is 11.6 Å². The lowest BCUT2D eigenvalue weighted by molar-refractivity contribution is -0.128. The average Bonchev–Trinajstić information content (AvgIpc) is 2.89. The Morgan fingerprint density at radius 1 is 1.20 bits per heavy atom. The van der Waals surface area contributed by atoms with Crippen molar-refractivity contribution in [2.45, 2.75) is 17.7 Å². The van der Waals surface area contributed by atoms with Gasteiger partial charge in [0.2, 0.25) is 15.9 Å². The topological polar surface area (TPSA) is 66.5 Å². The maximum atomic E-state index is 13.4. The highest BCUT2D eigenvalue weighted by molar-refractivity contribution is 7.89. The maximum Gasteiger partial charge on any atom is 0.246 e. The molecule has 0 saturated carbocycles. The van der Waals surface area contributed by atoms with E-state index in [-0.39, 0.29) is 0 Å². The summed E-state index contributed by atoms with van der Waals surface area (Å²) in [4.78, 5) is 12.2. The molecular weight excluding hydrogens is 290 g/mol. The predicted molar refractivity (Wildman–Crippen MR) is 67.4 cm³/mol. The van der Waals surface area contributed by atoms with Crippen LogP contribution in [0.3, 0.4) is 0 Å². The first-order valence-electron chi connectivity index (χ1n) is 6.13. The summed E-state index contributed by atoms with van der Waals surface area (Å²) in [5, 5.41) is 0. The van der Waals surface area contributed by atoms with E-state index in [0.29, 0.717) is 13.1 Å². The third-order valence-electron chi connectivity index (χ3n) is 3.06. The first-order chi connectivity index (χ1) is 9.42. The van der Waals surface area contributed by atoms with Crippen molar-refractivity contribution in [3.8, 4) is 0 Å². The molecule has 1 aromatic rings. The third-order valence-corrected chi connectivity index (χ3v) is 4.51. The molecule has 20 heavy (non-hydrogen) atoms. The first kappa shape index (κ1) is 14.9. The summed E-state index contributed by atoms with van der Waals surface area (Å²) in [5.41, 5.74) is 0. The number of likely N-dealkylation sites (tertiary alicyclic amines) is 1. The van der Waals surface area contributed by atoms with Gasteiger partial charge < -0.3 is 4.90 Å². The monoisotopic (exact) mass is 304 g/mol. The highest BCUT2D eigenvalue weighted by Gasteiger charge is 2.26. The number of nitrogens with one attached hydrogen (secondary N) is 1. The molecule has 0 atom stereocenters. The molecule has 2 rings (SSSR count). The van der Waals surface area contributed by atoms with Gasteiger partial charge in [0.05, 0.1) is 6.54 Å². The van der Waals surface area contributed by atoms with Crippen LogP contribution in [0.2, 0.25) is 0 Å². The molecule has 0 bridgehead atoms. The number of carbonyl (C=O) groups excluding carboxylic acids is 1. The van der Waals surface area contributed by atoms with E-state index in [9.17, 15) is 22.0 Å². The van der Waals surface area contributed by atoms with Crippen LogP contribution in [-0.2, 0) is 14.8 Å². The molecule has 1 fully saturated rings. The summed E-state index contributed by atoms with van der Waals surface area (Å²) in [5.74, 6) is -2.78. The number of amides is 1. The van der Waals surface area contributed by atoms with E-state index in [0.717, 1.165) is 31.0 Å². The summed E-state index contributed by atoms with van der Waals surface area (Å²) < 4.78 is 52.4. The Kier molecular flexibility index (Phi) is 4.34. The molecule has 0 spiro atoms. The fourth-order valence-corrected chi connectivity index (χ4v) is 3.15. The van der Waals surface area contributed by atoms with Gasteiger partial charge in [-0.25, -0.2) is 21.9 Å². The number of halogens is 2. The number of sulfonamides is 1. The van der Waals surface area contributed by atoms with E-state index in [1.54, 1.807) is 0 Å². The van der Waals surface area contributed by atoms with Gasteiger partial charge in [-0.1, -0.05) is 6.07 Å². The standard InChI is InChI=1S/C12H14F2N2O3S/c13-9-4-3-5-10(14)12(9)20(18,19)15-8-11(17)16-6-1-2-7-16/h3-5,15H,1-2,6-8H2. The predicted octanol–water partition coefficient (Wildman–Crippen LogP) is 0.866. The van der Waals surface area contributed by atoms with Crippen molar-refractivity contribution < 1.29 is 22.0 Å².